The maximum atomic E-state index is 11.9. The minimum Gasteiger partial charge on any atom is -0.508 e. The van der Waals surface area contributed by atoms with Gasteiger partial charge in [-0.25, -0.2) is 0 Å². The Labute approximate surface area is 142 Å². The van der Waals surface area contributed by atoms with E-state index in [1.54, 1.807) is 13.0 Å². The zero-order valence-electron chi connectivity index (χ0n) is 14.1. The first kappa shape index (κ1) is 15.9. The number of hydrogen-bond donors (Lipinski definition) is 2. The average molecular weight is 331 g/mol. The maximum absolute atomic E-state index is 11.9. The van der Waals surface area contributed by atoms with Gasteiger partial charge in [-0.3, -0.25) is 14.6 Å². The van der Waals surface area contributed by atoms with Crippen molar-refractivity contribution in [3.8, 4) is 5.75 Å². The van der Waals surface area contributed by atoms with Gasteiger partial charge in [0.05, 0.1) is 11.6 Å². The van der Waals surface area contributed by atoms with Crippen LogP contribution >= 0.6 is 0 Å². The molecule has 1 spiro atoms. The first-order valence-electron chi connectivity index (χ1n) is 8.66. The lowest BCUT2D eigenvalue weighted by Gasteiger charge is -2.61. The third-order valence-electron chi connectivity index (χ3n) is 5.78. The lowest BCUT2D eigenvalue weighted by atomic mass is 9.83. The van der Waals surface area contributed by atoms with E-state index in [0.717, 1.165) is 44.7 Å². The Kier molecular flexibility index (Phi) is 3.78. The number of amides is 1. The van der Waals surface area contributed by atoms with Crippen LogP contribution in [0.2, 0.25) is 0 Å². The molecule has 0 bridgehead atoms. The van der Waals surface area contributed by atoms with Crippen molar-refractivity contribution >= 4 is 5.91 Å². The molecular formula is C18H25N3O3. The van der Waals surface area contributed by atoms with Crippen LogP contribution in [0.1, 0.15) is 18.9 Å². The Balaban J connectivity index is 1.48. The molecule has 0 aliphatic carbocycles. The van der Waals surface area contributed by atoms with E-state index >= 15 is 0 Å². The summed E-state index contributed by atoms with van der Waals surface area (Å²) in [5.41, 5.74) is 0.890. The van der Waals surface area contributed by atoms with Crippen molar-refractivity contribution in [2.75, 3.05) is 32.7 Å². The molecule has 3 aliphatic heterocycles. The van der Waals surface area contributed by atoms with Crippen molar-refractivity contribution < 1.29 is 15.0 Å². The highest BCUT2D eigenvalue weighted by Gasteiger charge is 2.56. The van der Waals surface area contributed by atoms with Gasteiger partial charge in [-0.05, 0) is 12.5 Å². The molecule has 1 aromatic carbocycles. The van der Waals surface area contributed by atoms with Gasteiger partial charge in [-0.15, -0.1) is 0 Å². The number of carbonyl (C=O) groups excluding carboxylic acids is 1. The smallest absolute Gasteiger partial charge is 0.219 e. The molecule has 0 radical (unpaired) electrons. The second-order valence-electron chi connectivity index (χ2n) is 7.59. The van der Waals surface area contributed by atoms with E-state index in [1.807, 2.05) is 23.1 Å². The first-order valence-corrected chi connectivity index (χ1v) is 8.66. The highest BCUT2D eigenvalue weighted by Crippen LogP contribution is 2.39. The Morgan fingerprint density at radius 1 is 1.25 bits per heavy atom. The van der Waals surface area contributed by atoms with Crippen LogP contribution in [-0.4, -0.2) is 81.2 Å². The summed E-state index contributed by atoms with van der Waals surface area (Å²) in [6.45, 7) is 6.27. The molecule has 2 N–H and O–H groups in total. The monoisotopic (exact) mass is 331 g/mol. The largest absolute Gasteiger partial charge is 0.508 e. The first-order chi connectivity index (χ1) is 11.5. The van der Waals surface area contributed by atoms with Crippen LogP contribution in [-0.2, 0) is 11.3 Å². The maximum Gasteiger partial charge on any atom is 0.219 e. The zero-order valence-corrected chi connectivity index (χ0v) is 14.1. The molecule has 6 nitrogen and oxygen atoms in total. The molecule has 0 aromatic heterocycles. The van der Waals surface area contributed by atoms with Crippen LogP contribution in [0.25, 0.3) is 0 Å². The number of aliphatic hydroxyl groups is 1. The lowest BCUT2D eigenvalue weighted by molar-refractivity contribution is -0.149. The van der Waals surface area contributed by atoms with Gasteiger partial charge in [0.2, 0.25) is 5.91 Å². The normalized spacial score (nSPS) is 29.5. The van der Waals surface area contributed by atoms with Crippen LogP contribution in [0.5, 0.6) is 5.75 Å². The summed E-state index contributed by atoms with van der Waals surface area (Å²) < 4.78 is 0. The highest BCUT2D eigenvalue weighted by atomic mass is 16.3. The zero-order chi connectivity index (χ0) is 16.9. The number of hydrogen-bond acceptors (Lipinski definition) is 5. The summed E-state index contributed by atoms with van der Waals surface area (Å²) in [7, 11) is 0. The summed E-state index contributed by atoms with van der Waals surface area (Å²) in [6, 6.07) is 7.71. The van der Waals surface area contributed by atoms with E-state index in [-0.39, 0.29) is 23.6 Å². The lowest BCUT2D eigenvalue weighted by Crippen LogP contribution is -2.78. The van der Waals surface area contributed by atoms with Gasteiger partial charge in [0.15, 0.2) is 0 Å². The Morgan fingerprint density at radius 3 is 2.71 bits per heavy atom. The van der Waals surface area contributed by atoms with Gasteiger partial charge in [-0.1, -0.05) is 18.2 Å². The van der Waals surface area contributed by atoms with Crippen molar-refractivity contribution in [3.05, 3.63) is 29.8 Å². The average Bonchev–Trinajstić information content (AvgIpc) is 2.88. The van der Waals surface area contributed by atoms with Gasteiger partial charge in [-0.2, -0.15) is 0 Å². The number of aliphatic hydroxyl groups excluding tert-OH is 1. The van der Waals surface area contributed by atoms with Crippen molar-refractivity contribution in [3.63, 3.8) is 0 Å². The summed E-state index contributed by atoms with van der Waals surface area (Å²) in [6.07, 6.45) is 0.469. The number of carbonyl (C=O) groups is 1. The number of fused-ring (bicyclic) bond motifs is 2. The Morgan fingerprint density at radius 2 is 2.00 bits per heavy atom. The van der Waals surface area contributed by atoms with Crippen LogP contribution < -0.4 is 0 Å². The fraction of sp³-hybridized carbons (Fsp3) is 0.611. The van der Waals surface area contributed by atoms with E-state index in [9.17, 15) is 15.0 Å². The number of aromatic hydroxyl groups is 1. The van der Waals surface area contributed by atoms with Gasteiger partial charge in [0.1, 0.15) is 5.75 Å². The molecule has 130 valence electrons. The number of phenols is 1. The molecule has 1 aromatic rings. The standard InChI is InChI=1S/C18H25N3O3/c1-13(22)20-8-15-6-16(23)9-21(15)18(12-20)10-19(11-18)7-14-4-2-3-5-17(14)24/h2-5,15-16,23-24H,6-12H2,1H3/t15-,16+/m0/s1. The number of para-hydroxylation sites is 1. The predicted molar refractivity (Wildman–Crippen MR) is 89.5 cm³/mol. The number of phenolic OH excluding ortho intramolecular Hbond substituents is 1. The van der Waals surface area contributed by atoms with E-state index in [0.29, 0.717) is 12.3 Å². The second-order valence-corrected chi connectivity index (χ2v) is 7.59. The fourth-order valence-corrected chi connectivity index (χ4v) is 4.72. The molecule has 0 unspecified atom stereocenters. The van der Waals surface area contributed by atoms with Crippen LogP contribution in [0.15, 0.2) is 24.3 Å². The second kappa shape index (κ2) is 5.72. The van der Waals surface area contributed by atoms with E-state index in [4.69, 9.17) is 0 Å². The number of benzene rings is 1. The van der Waals surface area contributed by atoms with E-state index in [1.165, 1.54) is 0 Å². The number of rotatable bonds is 2. The van der Waals surface area contributed by atoms with Gasteiger partial charge in [0.25, 0.3) is 0 Å². The molecule has 3 saturated heterocycles. The SMILES string of the molecule is CC(=O)N1C[C@@H]2C[C@@H](O)CN2C2(CN(Cc3ccccc3O)C2)C1. The molecule has 3 heterocycles. The Hall–Kier alpha value is -1.63. The quantitative estimate of drug-likeness (QED) is 0.813. The number of piperazine rings is 1. The highest BCUT2D eigenvalue weighted by molar-refractivity contribution is 5.73. The minimum absolute atomic E-state index is 0.0452. The van der Waals surface area contributed by atoms with Crippen LogP contribution in [0.4, 0.5) is 0 Å². The molecule has 0 saturated carbocycles. The Bertz CT molecular complexity index is 644. The van der Waals surface area contributed by atoms with Crippen LogP contribution in [0, 0.1) is 0 Å². The molecule has 2 atom stereocenters. The molecule has 4 rings (SSSR count). The number of β-amino-alcohol motifs (C(OH)–C–C–N with tert-alkyl or cyclic N) is 1. The van der Waals surface area contributed by atoms with Gasteiger partial charge < -0.3 is 15.1 Å². The third kappa shape index (κ3) is 2.59. The summed E-state index contributed by atoms with van der Waals surface area (Å²) in [5, 5.41) is 20.0. The fourth-order valence-electron chi connectivity index (χ4n) is 4.72. The topological polar surface area (TPSA) is 67.3 Å². The molecule has 3 fully saturated rings. The summed E-state index contributed by atoms with van der Waals surface area (Å²) in [5.74, 6) is 0.455. The molecule has 6 heteroatoms. The van der Waals surface area contributed by atoms with Gasteiger partial charge in [0, 0.05) is 57.8 Å². The summed E-state index contributed by atoms with van der Waals surface area (Å²) in [4.78, 5) is 18.6. The van der Waals surface area contributed by atoms with Crippen molar-refractivity contribution in [2.45, 2.75) is 37.6 Å². The number of nitrogens with zero attached hydrogens (tertiary/aromatic N) is 3. The van der Waals surface area contributed by atoms with Crippen molar-refractivity contribution in [1.82, 2.24) is 14.7 Å². The van der Waals surface area contributed by atoms with E-state index < -0.39 is 0 Å². The van der Waals surface area contributed by atoms with Crippen LogP contribution in [0.3, 0.4) is 0 Å². The van der Waals surface area contributed by atoms with Crippen molar-refractivity contribution in [1.29, 1.82) is 0 Å². The molecule has 24 heavy (non-hydrogen) atoms. The molecule has 3 aliphatic rings. The molecular weight excluding hydrogens is 306 g/mol. The molecule has 1 amide bonds. The summed E-state index contributed by atoms with van der Waals surface area (Å²) >= 11 is 0. The van der Waals surface area contributed by atoms with Crippen molar-refractivity contribution in [2.24, 2.45) is 0 Å². The van der Waals surface area contributed by atoms with E-state index in [2.05, 4.69) is 9.80 Å². The third-order valence-corrected chi connectivity index (χ3v) is 5.78. The minimum atomic E-state index is -0.286. The predicted octanol–water partition coefficient (Wildman–Crippen LogP) is 0.244. The van der Waals surface area contributed by atoms with Gasteiger partial charge >= 0.3 is 0 Å². The number of likely N-dealkylation sites (tertiary alicyclic amines) is 1.